The molecular formula is C21H22N2O2S. The zero-order valence-electron chi connectivity index (χ0n) is 14.6. The van der Waals surface area contributed by atoms with E-state index in [-0.39, 0.29) is 11.9 Å². The molecule has 26 heavy (non-hydrogen) atoms. The van der Waals surface area contributed by atoms with Crippen molar-refractivity contribution in [2.75, 3.05) is 19.6 Å². The first kappa shape index (κ1) is 17.1. The summed E-state index contributed by atoms with van der Waals surface area (Å²) in [5.74, 6) is 0.220. The van der Waals surface area contributed by atoms with E-state index in [0.717, 1.165) is 24.2 Å². The molecule has 4 rings (SSSR count). The van der Waals surface area contributed by atoms with Crippen LogP contribution in [0.2, 0.25) is 0 Å². The number of hydrogen-bond acceptors (Lipinski definition) is 4. The summed E-state index contributed by atoms with van der Waals surface area (Å²) in [4.78, 5) is 16.5. The lowest BCUT2D eigenvalue weighted by atomic mass is 10.1. The van der Waals surface area contributed by atoms with Crippen LogP contribution in [0.4, 0.5) is 0 Å². The third kappa shape index (κ3) is 3.59. The normalized spacial score (nSPS) is 15.8. The van der Waals surface area contributed by atoms with Crippen molar-refractivity contribution in [2.45, 2.75) is 18.9 Å². The highest BCUT2D eigenvalue weighted by atomic mass is 32.1. The minimum absolute atomic E-state index is 0.158. The van der Waals surface area contributed by atoms with Gasteiger partial charge in [0.25, 0.3) is 5.91 Å². The van der Waals surface area contributed by atoms with Gasteiger partial charge in [-0.05, 0) is 49.0 Å². The van der Waals surface area contributed by atoms with E-state index < -0.39 is 0 Å². The minimum atomic E-state index is -0.158. The Hall–Kier alpha value is -2.37. The predicted octanol–water partition coefficient (Wildman–Crippen LogP) is 4.58. The van der Waals surface area contributed by atoms with Crippen LogP contribution in [0.5, 0.6) is 0 Å². The van der Waals surface area contributed by atoms with Crippen molar-refractivity contribution in [3.8, 4) is 11.1 Å². The summed E-state index contributed by atoms with van der Waals surface area (Å²) < 4.78 is 5.51. The summed E-state index contributed by atoms with van der Waals surface area (Å²) in [6, 6.07) is 16.2. The Bertz CT molecular complexity index is 836. The van der Waals surface area contributed by atoms with Crippen LogP contribution >= 0.6 is 11.3 Å². The molecule has 0 radical (unpaired) electrons. The van der Waals surface area contributed by atoms with Gasteiger partial charge in [-0.1, -0.05) is 36.4 Å². The Kier molecular flexibility index (Phi) is 5.18. The van der Waals surface area contributed by atoms with Gasteiger partial charge in [-0.3, -0.25) is 9.69 Å². The minimum Gasteiger partial charge on any atom is -0.459 e. The zero-order valence-corrected chi connectivity index (χ0v) is 15.4. The molecule has 3 heterocycles. The molecule has 1 aromatic carbocycles. The van der Waals surface area contributed by atoms with Gasteiger partial charge < -0.3 is 9.73 Å². The van der Waals surface area contributed by atoms with Crippen LogP contribution in [-0.2, 0) is 0 Å². The van der Waals surface area contributed by atoms with Gasteiger partial charge in [-0.25, -0.2) is 0 Å². The maximum atomic E-state index is 12.8. The van der Waals surface area contributed by atoms with Crippen LogP contribution in [0.15, 0.2) is 64.6 Å². The quantitative estimate of drug-likeness (QED) is 0.695. The topological polar surface area (TPSA) is 45.5 Å². The molecule has 5 heteroatoms. The summed E-state index contributed by atoms with van der Waals surface area (Å²) in [6.45, 7) is 2.77. The smallest absolute Gasteiger partial charge is 0.287 e. The standard InChI is InChI=1S/C21H22N2O2S/c24-21(20-17(10-13-25-20)16-7-2-1-3-8-16)22-15-18(19-9-6-14-26-19)23-11-4-5-12-23/h1-3,6-10,13-14,18H,4-5,11-12,15H2,(H,22,24). The summed E-state index contributed by atoms with van der Waals surface area (Å²) in [6.07, 6.45) is 4.03. The van der Waals surface area contributed by atoms with Gasteiger partial charge in [-0.15, -0.1) is 11.3 Å². The monoisotopic (exact) mass is 366 g/mol. The number of rotatable bonds is 6. The molecule has 1 aliphatic rings. The number of nitrogens with one attached hydrogen (secondary N) is 1. The molecule has 0 bridgehead atoms. The van der Waals surface area contributed by atoms with E-state index >= 15 is 0 Å². The molecule has 134 valence electrons. The molecule has 0 spiro atoms. The summed E-state index contributed by atoms with van der Waals surface area (Å²) in [5, 5.41) is 5.19. The summed E-state index contributed by atoms with van der Waals surface area (Å²) in [7, 11) is 0. The molecule has 1 saturated heterocycles. The van der Waals surface area contributed by atoms with Crippen LogP contribution in [0.1, 0.15) is 34.3 Å². The van der Waals surface area contributed by atoms with Crippen molar-refractivity contribution >= 4 is 17.2 Å². The Labute approximate surface area is 157 Å². The molecular weight excluding hydrogens is 344 g/mol. The van der Waals surface area contributed by atoms with E-state index in [1.807, 2.05) is 36.4 Å². The fourth-order valence-corrected chi connectivity index (χ4v) is 4.40. The number of benzene rings is 1. The summed E-state index contributed by atoms with van der Waals surface area (Å²) in [5.41, 5.74) is 1.82. The number of nitrogens with zero attached hydrogens (tertiary/aromatic N) is 1. The van der Waals surface area contributed by atoms with E-state index in [9.17, 15) is 4.79 Å². The van der Waals surface area contributed by atoms with Crippen LogP contribution in [-0.4, -0.2) is 30.4 Å². The lowest BCUT2D eigenvalue weighted by molar-refractivity contribution is 0.0911. The molecule has 2 aromatic heterocycles. The van der Waals surface area contributed by atoms with E-state index in [1.165, 1.54) is 17.7 Å². The maximum Gasteiger partial charge on any atom is 0.287 e. The second kappa shape index (κ2) is 7.89. The van der Waals surface area contributed by atoms with E-state index in [4.69, 9.17) is 4.42 Å². The lowest BCUT2D eigenvalue weighted by Crippen LogP contribution is -2.36. The molecule has 1 amide bonds. The lowest BCUT2D eigenvalue weighted by Gasteiger charge is -2.26. The molecule has 1 N–H and O–H groups in total. The molecule has 1 aliphatic heterocycles. The Balaban J connectivity index is 1.49. The highest BCUT2D eigenvalue weighted by molar-refractivity contribution is 7.10. The fourth-order valence-electron chi connectivity index (χ4n) is 3.54. The van der Waals surface area contributed by atoms with E-state index in [2.05, 4.69) is 27.7 Å². The van der Waals surface area contributed by atoms with Gasteiger partial charge in [0.15, 0.2) is 5.76 Å². The molecule has 1 atom stereocenters. The Morgan fingerprint density at radius 3 is 2.65 bits per heavy atom. The first-order chi connectivity index (χ1) is 12.8. The van der Waals surface area contributed by atoms with Crippen LogP contribution in [0, 0.1) is 0 Å². The van der Waals surface area contributed by atoms with Gasteiger partial charge in [0.2, 0.25) is 0 Å². The average Bonchev–Trinajstić information content (AvgIpc) is 3.44. The number of thiophene rings is 1. The van der Waals surface area contributed by atoms with Gasteiger partial charge >= 0.3 is 0 Å². The number of amides is 1. The number of carbonyl (C=O) groups excluding carboxylic acids is 1. The third-order valence-electron chi connectivity index (χ3n) is 4.87. The van der Waals surface area contributed by atoms with Crippen LogP contribution in [0.3, 0.4) is 0 Å². The molecule has 3 aromatic rings. The molecule has 0 saturated carbocycles. The number of furan rings is 1. The van der Waals surface area contributed by atoms with Crippen molar-refractivity contribution < 1.29 is 9.21 Å². The number of carbonyl (C=O) groups is 1. The maximum absolute atomic E-state index is 12.8. The Morgan fingerprint density at radius 2 is 1.92 bits per heavy atom. The van der Waals surface area contributed by atoms with Crippen molar-refractivity contribution in [2.24, 2.45) is 0 Å². The first-order valence-corrected chi connectivity index (χ1v) is 9.89. The number of likely N-dealkylation sites (tertiary alicyclic amines) is 1. The first-order valence-electron chi connectivity index (χ1n) is 9.01. The predicted molar refractivity (Wildman–Crippen MR) is 104 cm³/mol. The third-order valence-corrected chi connectivity index (χ3v) is 5.84. The highest BCUT2D eigenvalue weighted by Crippen LogP contribution is 2.29. The van der Waals surface area contributed by atoms with Gasteiger partial charge in [0.1, 0.15) is 0 Å². The zero-order chi connectivity index (χ0) is 17.8. The average molecular weight is 366 g/mol. The fraction of sp³-hybridized carbons (Fsp3) is 0.286. The molecule has 1 fully saturated rings. The van der Waals surface area contributed by atoms with Crippen LogP contribution in [0.25, 0.3) is 11.1 Å². The number of hydrogen-bond donors (Lipinski definition) is 1. The molecule has 1 unspecified atom stereocenters. The van der Waals surface area contributed by atoms with Crippen molar-refractivity contribution in [3.05, 3.63) is 70.8 Å². The second-order valence-corrected chi connectivity index (χ2v) is 7.49. The van der Waals surface area contributed by atoms with Crippen molar-refractivity contribution in [3.63, 3.8) is 0 Å². The highest BCUT2D eigenvalue weighted by Gasteiger charge is 2.26. The summed E-state index contributed by atoms with van der Waals surface area (Å²) >= 11 is 1.75. The van der Waals surface area contributed by atoms with Gasteiger partial charge in [0, 0.05) is 17.0 Å². The van der Waals surface area contributed by atoms with Crippen molar-refractivity contribution in [1.29, 1.82) is 0 Å². The van der Waals surface area contributed by atoms with E-state index in [0.29, 0.717) is 12.3 Å². The second-order valence-electron chi connectivity index (χ2n) is 6.51. The largest absolute Gasteiger partial charge is 0.459 e. The molecule has 4 nitrogen and oxygen atoms in total. The van der Waals surface area contributed by atoms with E-state index in [1.54, 1.807) is 17.6 Å². The molecule has 0 aliphatic carbocycles. The van der Waals surface area contributed by atoms with Gasteiger partial charge in [0.05, 0.1) is 12.3 Å². The van der Waals surface area contributed by atoms with Crippen LogP contribution < -0.4 is 5.32 Å². The van der Waals surface area contributed by atoms with Gasteiger partial charge in [-0.2, -0.15) is 0 Å². The SMILES string of the molecule is O=C(NCC(c1cccs1)N1CCCC1)c1occc1-c1ccccc1. The Morgan fingerprint density at radius 1 is 1.12 bits per heavy atom. The van der Waals surface area contributed by atoms with Crippen molar-refractivity contribution in [1.82, 2.24) is 10.2 Å².